The van der Waals surface area contributed by atoms with Crippen molar-refractivity contribution in [3.05, 3.63) is 71.2 Å². The molecule has 0 atom stereocenters. The number of nitrogens with one attached hydrogen (secondary N) is 3. The average molecular weight is 531 g/mol. The highest BCUT2D eigenvalue weighted by molar-refractivity contribution is 7.93. The molecule has 0 aromatic heterocycles. The zero-order chi connectivity index (χ0) is 25.0. The molecule has 3 aromatic carbocycles. The van der Waals surface area contributed by atoms with E-state index in [9.17, 15) is 8.42 Å². The van der Waals surface area contributed by atoms with Gasteiger partial charge in [0.2, 0.25) is 0 Å². The highest BCUT2D eigenvalue weighted by atomic mass is 35.5. The first-order valence-corrected chi connectivity index (χ1v) is 13.4. The van der Waals surface area contributed by atoms with E-state index in [1.165, 1.54) is 7.11 Å². The van der Waals surface area contributed by atoms with Gasteiger partial charge in [0.25, 0.3) is 10.0 Å². The van der Waals surface area contributed by atoms with Crippen LogP contribution in [0, 0.1) is 6.92 Å². The van der Waals surface area contributed by atoms with Crippen molar-refractivity contribution < 1.29 is 13.2 Å². The maximum Gasteiger partial charge on any atom is 0.264 e. The largest absolute Gasteiger partial charge is 0.495 e. The Hall–Kier alpha value is -3.01. The molecule has 35 heavy (non-hydrogen) atoms. The molecule has 3 N–H and O–H groups in total. The second-order valence-electron chi connectivity index (χ2n) is 8.23. The molecule has 0 spiro atoms. The average Bonchev–Trinajstić information content (AvgIpc) is 3.36. The summed E-state index contributed by atoms with van der Waals surface area (Å²) in [5, 5.41) is 7.12. The maximum atomic E-state index is 13.6. The molecule has 0 amide bonds. The number of benzene rings is 3. The van der Waals surface area contributed by atoms with Gasteiger partial charge in [-0.25, -0.2) is 8.42 Å². The van der Waals surface area contributed by atoms with E-state index in [2.05, 4.69) is 20.3 Å². The first-order chi connectivity index (χ1) is 16.8. The number of sulfonamides is 1. The van der Waals surface area contributed by atoms with Crippen molar-refractivity contribution in [2.24, 2.45) is 0 Å². The van der Waals surface area contributed by atoms with E-state index in [-0.39, 0.29) is 4.90 Å². The molecule has 0 unspecified atom stereocenters. The van der Waals surface area contributed by atoms with E-state index in [1.54, 1.807) is 36.4 Å². The molecule has 0 aliphatic carbocycles. The molecular formula is C25H27ClN4O3S2. The Morgan fingerprint density at radius 1 is 1.00 bits per heavy atom. The number of nitrogens with zero attached hydrogens (tertiary/aromatic N) is 1. The van der Waals surface area contributed by atoms with Gasteiger partial charge in [0.1, 0.15) is 10.6 Å². The number of methoxy groups -OCH3 is 1. The lowest BCUT2D eigenvalue weighted by Gasteiger charge is -2.23. The van der Waals surface area contributed by atoms with Gasteiger partial charge in [0.15, 0.2) is 5.11 Å². The lowest BCUT2D eigenvalue weighted by Crippen LogP contribution is -2.24. The Balaban J connectivity index is 1.63. The molecule has 3 aromatic rings. The molecule has 0 saturated carbocycles. The van der Waals surface area contributed by atoms with Crippen LogP contribution in [-0.2, 0) is 10.0 Å². The molecular weight excluding hydrogens is 504 g/mol. The van der Waals surface area contributed by atoms with Gasteiger partial charge in [-0.2, -0.15) is 0 Å². The zero-order valence-corrected chi connectivity index (χ0v) is 21.9. The molecule has 1 aliphatic heterocycles. The zero-order valence-electron chi connectivity index (χ0n) is 19.5. The minimum Gasteiger partial charge on any atom is -0.495 e. The van der Waals surface area contributed by atoms with Crippen LogP contribution in [0.3, 0.4) is 0 Å². The van der Waals surface area contributed by atoms with E-state index in [1.807, 2.05) is 31.2 Å². The number of para-hydroxylation sites is 2. The Morgan fingerprint density at radius 2 is 1.66 bits per heavy atom. The van der Waals surface area contributed by atoms with Gasteiger partial charge < -0.3 is 20.3 Å². The van der Waals surface area contributed by atoms with E-state index in [4.69, 9.17) is 28.6 Å². The summed E-state index contributed by atoms with van der Waals surface area (Å²) in [6.45, 7) is 3.53. The number of anilines is 4. The van der Waals surface area contributed by atoms with Gasteiger partial charge in [0.05, 0.1) is 18.5 Å². The van der Waals surface area contributed by atoms with Gasteiger partial charge in [0, 0.05) is 29.5 Å². The van der Waals surface area contributed by atoms with Gasteiger partial charge >= 0.3 is 0 Å². The van der Waals surface area contributed by atoms with Crippen molar-refractivity contribution in [3.63, 3.8) is 0 Å². The van der Waals surface area contributed by atoms with Crippen LogP contribution in [0.5, 0.6) is 5.75 Å². The van der Waals surface area contributed by atoms with Gasteiger partial charge in [-0.3, -0.25) is 4.72 Å². The van der Waals surface area contributed by atoms with Crippen molar-refractivity contribution in [1.82, 2.24) is 0 Å². The number of hydrogen-bond acceptors (Lipinski definition) is 5. The van der Waals surface area contributed by atoms with Crippen LogP contribution in [-0.4, -0.2) is 33.7 Å². The first-order valence-electron chi connectivity index (χ1n) is 11.2. The Morgan fingerprint density at radius 3 is 2.34 bits per heavy atom. The summed E-state index contributed by atoms with van der Waals surface area (Å²) in [6, 6.07) is 17.7. The first kappa shape index (κ1) is 25.1. The van der Waals surface area contributed by atoms with Crippen molar-refractivity contribution in [2.75, 3.05) is 40.5 Å². The number of halogens is 1. The lowest BCUT2D eigenvalue weighted by atomic mass is 10.2. The summed E-state index contributed by atoms with van der Waals surface area (Å²) >= 11 is 11.7. The molecule has 1 heterocycles. The predicted octanol–water partition coefficient (Wildman–Crippen LogP) is 5.87. The van der Waals surface area contributed by atoms with Crippen LogP contribution in [0.2, 0.25) is 5.02 Å². The van der Waals surface area contributed by atoms with Crippen LogP contribution >= 0.6 is 23.8 Å². The summed E-state index contributed by atoms with van der Waals surface area (Å²) in [5.74, 6) is 0.440. The predicted molar refractivity (Wildman–Crippen MR) is 148 cm³/mol. The summed E-state index contributed by atoms with van der Waals surface area (Å²) in [4.78, 5) is 2.25. The number of ether oxygens (including phenoxy) is 1. The number of aryl methyl sites for hydroxylation is 1. The lowest BCUT2D eigenvalue weighted by molar-refractivity contribution is 0.417. The second kappa shape index (κ2) is 10.7. The molecule has 1 aliphatic rings. The molecule has 1 fully saturated rings. The van der Waals surface area contributed by atoms with Gasteiger partial charge in [-0.15, -0.1) is 0 Å². The summed E-state index contributed by atoms with van der Waals surface area (Å²) in [5.41, 5.74) is 3.27. The van der Waals surface area contributed by atoms with E-state index in [0.29, 0.717) is 32.9 Å². The summed E-state index contributed by atoms with van der Waals surface area (Å²) < 4.78 is 35.1. The number of hydrogen-bond donors (Lipinski definition) is 3. The van der Waals surface area contributed by atoms with E-state index in [0.717, 1.165) is 37.2 Å². The fraction of sp³-hybridized carbons (Fsp3) is 0.240. The smallest absolute Gasteiger partial charge is 0.264 e. The van der Waals surface area contributed by atoms with Crippen molar-refractivity contribution in [2.45, 2.75) is 24.7 Å². The topological polar surface area (TPSA) is 82.7 Å². The van der Waals surface area contributed by atoms with Gasteiger partial charge in [-0.05, 0) is 80.0 Å². The third-order valence-electron chi connectivity index (χ3n) is 5.73. The quantitative estimate of drug-likeness (QED) is 0.330. The Labute approximate surface area is 216 Å². The third-order valence-corrected chi connectivity index (χ3v) is 7.74. The standard InChI is InChI=1S/C25H27ClN4O3S2/c1-17-9-10-18(15-20(17)26)27-25(34)28-19-11-12-22(30-13-5-6-14-30)24(16-19)35(31,32)29-21-7-3-4-8-23(21)33-2/h3-4,7-12,15-16,29H,5-6,13-14H2,1-2H3,(H2,27,28,34). The molecule has 0 radical (unpaired) electrons. The number of rotatable bonds is 7. The van der Waals surface area contributed by atoms with Crippen LogP contribution in [0.1, 0.15) is 18.4 Å². The minimum atomic E-state index is -3.93. The molecule has 1 saturated heterocycles. The van der Waals surface area contributed by atoms with Crippen molar-refractivity contribution >= 4 is 61.7 Å². The highest BCUT2D eigenvalue weighted by Crippen LogP contribution is 2.34. The molecule has 7 nitrogen and oxygen atoms in total. The van der Waals surface area contributed by atoms with E-state index < -0.39 is 10.0 Å². The monoisotopic (exact) mass is 530 g/mol. The third kappa shape index (κ3) is 5.98. The minimum absolute atomic E-state index is 0.163. The number of thiocarbonyl (C=S) groups is 1. The van der Waals surface area contributed by atoms with Crippen molar-refractivity contribution in [3.8, 4) is 5.75 Å². The fourth-order valence-corrected chi connectivity index (χ4v) is 5.66. The fourth-order valence-electron chi connectivity index (χ4n) is 3.92. The normalized spacial score (nSPS) is 13.4. The van der Waals surface area contributed by atoms with E-state index >= 15 is 0 Å². The maximum absolute atomic E-state index is 13.6. The van der Waals surface area contributed by atoms with Crippen LogP contribution in [0.4, 0.5) is 22.7 Å². The molecule has 4 rings (SSSR count). The Bertz CT molecular complexity index is 1340. The summed E-state index contributed by atoms with van der Waals surface area (Å²) in [7, 11) is -2.43. The van der Waals surface area contributed by atoms with Crippen molar-refractivity contribution in [1.29, 1.82) is 0 Å². The Kier molecular flexibility index (Phi) is 7.69. The van der Waals surface area contributed by atoms with Crippen LogP contribution in [0.25, 0.3) is 0 Å². The second-order valence-corrected chi connectivity index (χ2v) is 10.7. The highest BCUT2D eigenvalue weighted by Gasteiger charge is 2.25. The van der Waals surface area contributed by atoms with Crippen LogP contribution < -0.4 is 25.0 Å². The van der Waals surface area contributed by atoms with Crippen LogP contribution in [0.15, 0.2) is 65.6 Å². The summed E-state index contributed by atoms with van der Waals surface area (Å²) in [6.07, 6.45) is 2.04. The molecule has 0 bridgehead atoms. The molecule has 10 heteroatoms. The molecule has 184 valence electrons. The SMILES string of the molecule is COc1ccccc1NS(=O)(=O)c1cc(NC(=S)Nc2ccc(C)c(Cl)c2)ccc1N1CCCC1. The van der Waals surface area contributed by atoms with Gasteiger partial charge in [-0.1, -0.05) is 29.8 Å².